The quantitative estimate of drug-likeness (QED) is 0.772. The molecule has 4 nitrogen and oxygen atoms in total. The van der Waals surface area contributed by atoms with Crippen LogP contribution in [0.1, 0.15) is 29.4 Å². The van der Waals surface area contributed by atoms with E-state index in [0.717, 1.165) is 24.1 Å². The molecule has 4 N–H and O–H groups in total. The number of hydrogen-bond acceptors (Lipinski definition) is 2. The number of benzene rings is 1. The summed E-state index contributed by atoms with van der Waals surface area (Å²) in [5, 5.41) is 2.90. The fourth-order valence-corrected chi connectivity index (χ4v) is 1.86. The van der Waals surface area contributed by atoms with Crippen LogP contribution in [0, 0.1) is 0 Å². The maximum absolute atomic E-state index is 12.0. The van der Waals surface area contributed by atoms with E-state index in [0.29, 0.717) is 11.4 Å². The SMILES string of the molecule is CCCc1ccccc1NC(=O)c1cc(N)c[nH]1. The number of rotatable bonds is 4. The number of para-hydroxylation sites is 1. The van der Waals surface area contributed by atoms with Gasteiger partial charge in [-0.2, -0.15) is 0 Å². The van der Waals surface area contributed by atoms with Gasteiger partial charge in [0.15, 0.2) is 0 Å². The minimum Gasteiger partial charge on any atom is -0.397 e. The summed E-state index contributed by atoms with van der Waals surface area (Å²) in [6, 6.07) is 9.46. The first-order chi connectivity index (χ1) is 8.70. The second-order valence-corrected chi connectivity index (χ2v) is 4.21. The van der Waals surface area contributed by atoms with Crippen molar-refractivity contribution in [1.82, 2.24) is 4.98 Å². The highest BCUT2D eigenvalue weighted by molar-refractivity contribution is 6.03. The maximum atomic E-state index is 12.0. The Bertz CT molecular complexity index is 545. The van der Waals surface area contributed by atoms with Gasteiger partial charge in [-0.15, -0.1) is 0 Å². The van der Waals surface area contributed by atoms with Gasteiger partial charge < -0.3 is 16.0 Å². The van der Waals surface area contributed by atoms with E-state index >= 15 is 0 Å². The van der Waals surface area contributed by atoms with Crippen molar-refractivity contribution in [3.8, 4) is 0 Å². The maximum Gasteiger partial charge on any atom is 0.272 e. The number of amides is 1. The van der Waals surface area contributed by atoms with Crippen LogP contribution in [0.2, 0.25) is 0 Å². The Hall–Kier alpha value is -2.23. The van der Waals surface area contributed by atoms with Crippen molar-refractivity contribution in [2.75, 3.05) is 11.1 Å². The molecule has 0 unspecified atom stereocenters. The van der Waals surface area contributed by atoms with Crippen LogP contribution in [-0.2, 0) is 6.42 Å². The smallest absolute Gasteiger partial charge is 0.272 e. The highest BCUT2D eigenvalue weighted by Gasteiger charge is 2.09. The molecule has 0 bridgehead atoms. The van der Waals surface area contributed by atoms with Gasteiger partial charge in [-0.1, -0.05) is 31.5 Å². The number of H-pyrrole nitrogens is 1. The van der Waals surface area contributed by atoms with Crippen molar-refractivity contribution in [2.24, 2.45) is 0 Å². The van der Waals surface area contributed by atoms with Gasteiger partial charge in [0.1, 0.15) is 5.69 Å². The van der Waals surface area contributed by atoms with E-state index < -0.39 is 0 Å². The third kappa shape index (κ3) is 2.71. The molecule has 0 atom stereocenters. The summed E-state index contributed by atoms with van der Waals surface area (Å²) < 4.78 is 0. The summed E-state index contributed by atoms with van der Waals surface area (Å²) in [4.78, 5) is 14.8. The Kier molecular flexibility index (Phi) is 3.67. The van der Waals surface area contributed by atoms with E-state index in [1.54, 1.807) is 12.3 Å². The molecule has 0 fully saturated rings. The molecule has 18 heavy (non-hydrogen) atoms. The van der Waals surface area contributed by atoms with Gasteiger partial charge in [-0.3, -0.25) is 4.79 Å². The number of aromatic nitrogens is 1. The van der Waals surface area contributed by atoms with Gasteiger partial charge in [0, 0.05) is 17.6 Å². The van der Waals surface area contributed by atoms with Crippen LogP contribution in [0.25, 0.3) is 0 Å². The molecule has 0 spiro atoms. The molecular formula is C14H17N3O. The number of aromatic amines is 1. The molecule has 1 aromatic carbocycles. The van der Waals surface area contributed by atoms with Crippen molar-refractivity contribution in [3.63, 3.8) is 0 Å². The number of nitrogen functional groups attached to an aromatic ring is 1. The van der Waals surface area contributed by atoms with E-state index in [1.165, 1.54) is 0 Å². The van der Waals surface area contributed by atoms with Crippen molar-refractivity contribution in [2.45, 2.75) is 19.8 Å². The Morgan fingerprint density at radius 2 is 2.17 bits per heavy atom. The van der Waals surface area contributed by atoms with Crippen LogP contribution >= 0.6 is 0 Å². The van der Waals surface area contributed by atoms with E-state index in [-0.39, 0.29) is 5.91 Å². The van der Waals surface area contributed by atoms with Gasteiger partial charge in [-0.25, -0.2) is 0 Å². The number of nitrogens with one attached hydrogen (secondary N) is 2. The zero-order valence-corrected chi connectivity index (χ0v) is 10.4. The largest absolute Gasteiger partial charge is 0.397 e. The van der Waals surface area contributed by atoms with Crippen LogP contribution in [0.5, 0.6) is 0 Å². The molecule has 0 aliphatic rings. The molecule has 0 saturated carbocycles. The highest BCUT2D eigenvalue weighted by Crippen LogP contribution is 2.18. The number of aryl methyl sites for hydroxylation is 1. The lowest BCUT2D eigenvalue weighted by molar-refractivity contribution is 0.102. The summed E-state index contributed by atoms with van der Waals surface area (Å²) in [5.74, 6) is -0.171. The summed E-state index contributed by atoms with van der Waals surface area (Å²) in [7, 11) is 0. The van der Waals surface area contributed by atoms with Gasteiger partial charge in [0.05, 0.1) is 0 Å². The van der Waals surface area contributed by atoms with Gasteiger partial charge in [-0.05, 0) is 24.1 Å². The first kappa shape index (κ1) is 12.2. The van der Waals surface area contributed by atoms with E-state index in [4.69, 9.17) is 5.73 Å². The third-order valence-electron chi connectivity index (χ3n) is 2.73. The molecule has 2 rings (SSSR count). The molecule has 4 heteroatoms. The average Bonchev–Trinajstić information content (AvgIpc) is 2.79. The van der Waals surface area contributed by atoms with Crippen LogP contribution < -0.4 is 11.1 Å². The molecule has 0 aliphatic heterocycles. The third-order valence-corrected chi connectivity index (χ3v) is 2.73. The minimum absolute atomic E-state index is 0.171. The first-order valence-electron chi connectivity index (χ1n) is 6.04. The van der Waals surface area contributed by atoms with E-state index in [9.17, 15) is 4.79 Å². The van der Waals surface area contributed by atoms with Crippen molar-refractivity contribution in [1.29, 1.82) is 0 Å². The second-order valence-electron chi connectivity index (χ2n) is 4.21. The Morgan fingerprint density at radius 1 is 1.39 bits per heavy atom. The van der Waals surface area contributed by atoms with Crippen LogP contribution in [-0.4, -0.2) is 10.9 Å². The zero-order chi connectivity index (χ0) is 13.0. The average molecular weight is 243 g/mol. The zero-order valence-electron chi connectivity index (χ0n) is 10.4. The number of nitrogens with two attached hydrogens (primary N) is 1. The number of carbonyl (C=O) groups is 1. The summed E-state index contributed by atoms with van der Waals surface area (Å²) >= 11 is 0. The fourth-order valence-electron chi connectivity index (χ4n) is 1.86. The molecule has 2 aromatic rings. The summed E-state index contributed by atoms with van der Waals surface area (Å²) in [6.07, 6.45) is 3.60. The lowest BCUT2D eigenvalue weighted by Crippen LogP contribution is -2.13. The molecule has 1 aromatic heterocycles. The number of anilines is 2. The van der Waals surface area contributed by atoms with Crippen LogP contribution in [0.15, 0.2) is 36.5 Å². The van der Waals surface area contributed by atoms with Crippen molar-refractivity contribution < 1.29 is 4.79 Å². The Balaban J connectivity index is 2.16. The molecular weight excluding hydrogens is 226 g/mol. The van der Waals surface area contributed by atoms with Gasteiger partial charge in [0.2, 0.25) is 0 Å². The standard InChI is InChI=1S/C14H17N3O/c1-2-5-10-6-3-4-7-12(10)17-14(18)13-8-11(15)9-16-13/h3-4,6-9,16H,2,5,15H2,1H3,(H,17,18). The normalized spacial score (nSPS) is 10.3. The first-order valence-corrected chi connectivity index (χ1v) is 6.04. The minimum atomic E-state index is -0.171. The monoisotopic (exact) mass is 243 g/mol. The summed E-state index contributed by atoms with van der Waals surface area (Å²) in [6.45, 7) is 2.12. The van der Waals surface area contributed by atoms with E-state index in [2.05, 4.69) is 17.2 Å². The van der Waals surface area contributed by atoms with Gasteiger partial charge in [0.25, 0.3) is 5.91 Å². The van der Waals surface area contributed by atoms with Crippen molar-refractivity contribution in [3.05, 3.63) is 47.8 Å². The van der Waals surface area contributed by atoms with E-state index in [1.807, 2.05) is 24.3 Å². The molecule has 94 valence electrons. The molecule has 0 radical (unpaired) electrons. The summed E-state index contributed by atoms with van der Waals surface area (Å²) in [5.41, 5.74) is 8.61. The number of hydrogen-bond donors (Lipinski definition) is 3. The predicted molar refractivity (Wildman–Crippen MR) is 73.6 cm³/mol. The molecule has 0 aliphatic carbocycles. The van der Waals surface area contributed by atoms with Gasteiger partial charge >= 0.3 is 0 Å². The molecule has 1 amide bonds. The lowest BCUT2D eigenvalue weighted by atomic mass is 10.1. The fraction of sp³-hybridized carbons (Fsp3) is 0.214. The Labute approximate surface area is 106 Å². The topological polar surface area (TPSA) is 70.9 Å². The predicted octanol–water partition coefficient (Wildman–Crippen LogP) is 2.80. The molecule has 0 saturated heterocycles. The lowest BCUT2D eigenvalue weighted by Gasteiger charge is -2.09. The number of carbonyl (C=O) groups excluding carboxylic acids is 1. The van der Waals surface area contributed by atoms with Crippen LogP contribution in [0.4, 0.5) is 11.4 Å². The van der Waals surface area contributed by atoms with Crippen molar-refractivity contribution >= 4 is 17.3 Å². The second kappa shape index (κ2) is 5.40. The van der Waals surface area contributed by atoms with Crippen LogP contribution in [0.3, 0.4) is 0 Å². The Morgan fingerprint density at radius 3 is 2.83 bits per heavy atom. The molecule has 1 heterocycles. The highest BCUT2D eigenvalue weighted by atomic mass is 16.1.